The smallest absolute Gasteiger partial charge is 0.429 e. The molecule has 3 aromatic carbocycles. The molecule has 0 bridgehead atoms. The van der Waals surface area contributed by atoms with Gasteiger partial charge in [0, 0.05) is 18.2 Å². The maximum absolute atomic E-state index is 14.8. The number of unbranched alkanes of at least 4 members (excludes halogenated alkanes) is 1. The van der Waals surface area contributed by atoms with Gasteiger partial charge in [0.25, 0.3) is 6.08 Å². The normalized spacial score (nSPS) is 15.0. The lowest BCUT2D eigenvalue weighted by Gasteiger charge is -2.20. The van der Waals surface area contributed by atoms with E-state index in [9.17, 15) is 35.1 Å². The van der Waals surface area contributed by atoms with Crippen molar-refractivity contribution in [2.75, 3.05) is 0 Å². The number of ether oxygens (including phenoxy) is 1. The molecule has 1 nitrogen and oxygen atoms in total. The van der Waals surface area contributed by atoms with E-state index in [-0.39, 0.29) is 23.8 Å². The molecule has 4 rings (SSSR count). The summed E-state index contributed by atoms with van der Waals surface area (Å²) in [6.07, 6.45) is -2.19. The second-order valence-electron chi connectivity index (χ2n) is 9.07. The first-order valence-corrected chi connectivity index (χ1v) is 11.7. The summed E-state index contributed by atoms with van der Waals surface area (Å²) in [7, 11) is 0. The predicted molar refractivity (Wildman–Crippen MR) is 123 cm³/mol. The van der Waals surface area contributed by atoms with E-state index in [1.165, 1.54) is 0 Å². The van der Waals surface area contributed by atoms with Gasteiger partial charge in [0.15, 0.2) is 0 Å². The second kappa shape index (κ2) is 10.6. The molecule has 0 aliphatic heterocycles. The molecule has 1 atom stereocenters. The molecular formula is C28H22F8O. The van der Waals surface area contributed by atoms with E-state index in [2.05, 4.69) is 11.7 Å². The Morgan fingerprint density at radius 2 is 1.49 bits per heavy atom. The van der Waals surface area contributed by atoms with Crippen molar-refractivity contribution in [1.82, 2.24) is 0 Å². The molecule has 0 radical (unpaired) electrons. The molecule has 0 spiro atoms. The Morgan fingerprint density at radius 1 is 0.865 bits per heavy atom. The summed E-state index contributed by atoms with van der Waals surface area (Å²) in [4.78, 5) is 0. The van der Waals surface area contributed by atoms with Crippen LogP contribution in [0.1, 0.15) is 48.4 Å². The third kappa shape index (κ3) is 5.81. The highest BCUT2D eigenvalue weighted by Gasteiger charge is 2.41. The van der Waals surface area contributed by atoms with E-state index in [0.717, 1.165) is 55.4 Å². The van der Waals surface area contributed by atoms with Crippen LogP contribution in [0.5, 0.6) is 5.75 Å². The van der Waals surface area contributed by atoms with Crippen LogP contribution in [-0.2, 0) is 19.0 Å². The highest BCUT2D eigenvalue weighted by atomic mass is 19.3. The van der Waals surface area contributed by atoms with Crippen molar-refractivity contribution in [3.63, 3.8) is 0 Å². The average Bonchev–Trinajstić information content (AvgIpc) is 3.21. The molecule has 0 amide bonds. The maximum atomic E-state index is 14.8. The molecule has 3 aromatic rings. The lowest BCUT2D eigenvalue weighted by atomic mass is 9.98. The Labute approximate surface area is 208 Å². The molecule has 0 fully saturated rings. The summed E-state index contributed by atoms with van der Waals surface area (Å²) in [5.74, 6) is -7.14. The molecule has 0 aromatic heterocycles. The van der Waals surface area contributed by atoms with Crippen LogP contribution in [-0.4, -0.2) is 0 Å². The molecule has 1 aliphatic rings. The Balaban J connectivity index is 1.60. The van der Waals surface area contributed by atoms with Crippen LogP contribution < -0.4 is 4.74 Å². The fourth-order valence-electron chi connectivity index (χ4n) is 4.67. The number of hydrogen-bond donors (Lipinski definition) is 0. The third-order valence-electron chi connectivity index (χ3n) is 6.41. The third-order valence-corrected chi connectivity index (χ3v) is 6.41. The molecule has 0 heterocycles. The molecule has 0 saturated carbocycles. The number of benzene rings is 3. The Kier molecular flexibility index (Phi) is 7.62. The van der Waals surface area contributed by atoms with Crippen LogP contribution in [0.3, 0.4) is 0 Å². The standard InChI is InChI=1S/C28H22F8O/c1-2-3-4-15-7-16-5-6-17(9-18(16)8-15)19-10-24(31)27(25(32)11-19)28(35,36)37-20-12-22(29)21(14-26(33)34)23(30)13-20/h5-6,9-15H,2-4,7-8H2,1H3. The average molecular weight is 526 g/mol. The zero-order chi connectivity index (χ0) is 26.9. The largest absolute Gasteiger partial charge is 0.432 e. The van der Waals surface area contributed by atoms with E-state index in [1.807, 2.05) is 6.07 Å². The van der Waals surface area contributed by atoms with Gasteiger partial charge in [-0.15, -0.1) is 0 Å². The topological polar surface area (TPSA) is 9.23 Å². The number of fused-ring (bicyclic) bond motifs is 1. The quantitative estimate of drug-likeness (QED) is 0.266. The van der Waals surface area contributed by atoms with Crippen LogP contribution in [0.4, 0.5) is 35.1 Å². The van der Waals surface area contributed by atoms with E-state index in [4.69, 9.17) is 0 Å². The van der Waals surface area contributed by atoms with Crippen LogP contribution in [0, 0.1) is 29.2 Å². The van der Waals surface area contributed by atoms with Gasteiger partial charge in [-0.05, 0) is 59.6 Å². The molecular weight excluding hydrogens is 504 g/mol. The summed E-state index contributed by atoms with van der Waals surface area (Å²) >= 11 is 0. The van der Waals surface area contributed by atoms with Crippen LogP contribution >= 0.6 is 0 Å². The SMILES string of the molecule is CCCCC1Cc2ccc(-c3cc(F)c(C(F)(F)Oc4cc(F)c(C=C(F)F)c(F)c4)c(F)c3)cc2C1. The second-order valence-corrected chi connectivity index (χ2v) is 9.07. The molecule has 1 unspecified atom stereocenters. The van der Waals surface area contributed by atoms with Crippen LogP contribution in [0.25, 0.3) is 17.2 Å². The summed E-state index contributed by atoms with van der Waals surface area (Å²) in [5.41, 5.74) is -0.239. The molecule has 9 heteroatoms. The van der Waals surface area contributed by atoms with E-state index < -0.39 is 52.3 Å². The number of alkyl halides is 2. The van der Waals surface area contributed by atoms with Crippen molar-refractivity contribution in [1.29, 1.82) is 0 Å². The van der Waals surface area contributed by atoms with Crippen LogP contribution in [0.15, 0.2) is 48.5 Å². The van der Waals surface area contributed by atoms with Gasteiger partial charge in [-0.25, -0.2) is 17.6 Å². The Bertz CT molecular complexity index is 1300. The lowest BCUT2D eigenvalue weighted by molar-refractivity contribution is -0.189. The minimum Gasteiger partial charge on any atom is -0.429 e. The Morgan fingerprint density at radius 3 is 2.08 bits per heavy atom. The van der Waals surface area contributed by atoms with Crippen molar-refractivity contribution < 1.29 is 39.9 Å². The van der Waals surface area contributed by atoms with Gasteiger partial charge in [0.05, 0.1) is 5.56 Å². The van der Waals surface area contributed by atoms with E-state index in [0.29, 0.717) is 11.5 Å². The minimum atomic E-state index is -4.67. The van der Waals surface area contributed by atoms with Gasteiger partial charge < -0.3 is 4.74 Å². The molecule has 37 heavy (non-hydrogen) atoms. The molecule has 0 N–H and O–H groups in total. The van der Waals surface area contributed by atoms with Crippen molar-refractivity contribution in [2.24, 2.45) is 5.92 Å². The molecule has 196 valence electrons. The number of hydrogen-bond acceptors (Lipinski definition) is 1. The van der Waals surface area contributed by atoms with Gasteiger partial charge in [0.1, 0.15) is 34.6 Å². The number of rotatable bonds is 8. The minimum absolute atomic E-state index is 0.0378. The first kappa shape index (κ1) is 26.7. The zero-order valence-electron chi connectivity index (χ0n) is 19.7. The van der Waals surface area contributed by atoms with Gasteiger partial charge in [-0.3, -0.25) is 0 Å². The molecule has 1 aliphatic carbocycles. The van der Waals surface area contributed by atoms with Crippen molar-refractivity contribution >= 4 is 6.08 Å². The predicted octanol–water partition coefficient (Wildman–Crippen LogP) is 9.18. The van der Waals surface area contributed by atoms with Gasteiger partial charge >= 0.3 is 6.11 Å². The first-order valence-electron chi connectivity index (χ1n) is 11.7. The summed E-state index contributed by atoms with van der Waals surface area (Å²) in [6, 6.07) is 7.24. The summed E-state index contributed by atoms with van der Waals surface area (Å²) in [6.45, 7) is 2.11. The monoisotopic (exact) mass is 526 g/mol. The fraction of sp³-hybridized carbons (Fsp3) is 0.286. The highest BCUT2D eigenvalue weighted by molar-refractivity contribution is 5.66. The lowest BCUT2D eigenvalue weighted by Crippen LogP contribution is -2.25. The fourth-order valence-corrected chi connectivity index (χ4v) is 4.67. The van der Waals surface area contributed by atoms with Crippen molar-refractivity contribution in [3.8, 4) is 16.9 Å². The van der Waals surface area contributed by atoms with Crippen LogP contribution in [0.2, 0.25) is 0 Å². The summed E-state index contributed by atoms with van der Waals surface area (Å²) in [5, 5.41) is 0. The summed E-state index contributed by atoms with van der Waals surface area (Å²) < 4.78 is 116. The highest BCUT2D eigenvalue weighted by Crippen LogP contribution is 2.39. The van der Waals surface area contributed by atoms with Gasteiger partial charge in [-0.1, -0.05) is 38.0 Å². The van der Waals surface area contributed by atoms with E-state index in [1.54, 1.807) is 12.1 Å². The number of halogens is 8. The van der Waals surface area contributed by atoms with Gasteiger partial charge in [-0.2, -0.15) is 17.6 Å². The zero-order valence-corrected chi connectivity index (χ0v) is 19.7. The van der Waals surface area contributed by atoms with Gasteiger partial charge in [0.2, 0.25) is 0 Å². The van der Waals surface area contributed by atoms with Crippen molar-refractivity contribution in [2.45, 2.75) is 45.1 Å². The van der Waals surface area contributed by atoms with Crippen molar-refractivity contribution in [3.05, 3.63) is 94.1 Å². The maximum Gasteiger partial charge on any atom is 0.432 e. The first-order chi connectivity index (χ1) is 17.5. The molecule has 0 saturated heterocycles. The van der Waals surface area contributed by atoms with E-state index >= 15 is 0 Å². The Hall–Kier alpha value is -3.36.